The molecule has 15 heavy (non-hydrogen) atoms. The molecule has 1 aliphatic rings. The van der Waals surface area contributed by atoms with Crippen molar-refractivity contribution in [1.29, 1.82) is 0 Å². The molecule has 0 spiro atoms. The molecule has 1 N–H and O–H groups in total. The van der Waals surface area contributed by atoms with Crippen molar-refractivity contribution in [1.82, 2.24) is 0 Å². The second-order valence-electron chi connectivity index (χ2n) is 3.76. The third kappa shape index (κ3) is 2.43. The Hall–Kier alpha value is -0.770. The number of halogens is 4. The highest BCUT2D eigenvalue weighted by molar-refractivity contribution is 6.16. The summed E-state index contributed by atoms with van der Waals surface area (Å²) in [5, 5.41) is 0. The molecule has 1 heterocycles. The molecule has 1 nitrogen and oxygen atoms in total. The van der Waals surface area contributed by atoms with E-state index >= 15 is 0 Å². The minimum atomic E-state index is -4.29. The van der Waals surface area contributed by atoms with E-state index in [9.17, 15) is 13.2 Å². The smallest absolute Gasteiger partial charge is 0.211 e. The predicted molar refractivity (Wildman–Crippen MR) is 49.5 cm³/mol. The van der Waals surface area contributed by atoms with E-state index < -0.39 is 11.7 Å². The molecule has 1 aromatic rings. The van der Waals surface area contributed by atoms with Crippen molar-refractivity contribution in [2.75, 3.05) is 0 Å². The fraction of sp³-hybridized carbons (Fsp3) is 0.500. The maximum absolute atomic E-state index is 12.5. The van der Waals surface area contributed by atoms with Gasteiger partial charge in [0.2, 0.25) is 0 Å². The predicted octanol–water partition coefficient (Wildman–Crippen LogP) is 3.14. The van der Waals surface area contributed by atoms with Gasteiger partial charge < -0.3 is 0 Å². The molecule has 0 unspecified atom stereocenters. The first-order chi connectivity index (χ1) is 7.00. The summed E-state index contributed by atoms with van der Waals surface area (Å²) in [5.41, 5.74) is 0.465. The van der Waals surface area contributed by atoms with E-state index in [0.717, 1.165) is 18.9 Å². The summed E-state index contributed by atoms with van der Waals surface area (Å²) in [4.78, 5) is 2.94. The molecule has 0 bridgehead atoms. The van der Waals surface area contributed by atoms with Gasteiger partial charge in [-0.2, -0.15) is 13.2 Å². The maximum atomic E-state index is 12.5. The van der Waals surface area contributed by atoms with Crippen LogP contribution in [-0.2, 0) is 12.1 Å². The first-order valence-corrected chi connectivity index (χ1v) is 5.23. The Bertz CT molecular complexity index is 371. The monoisotopic (exact) mass is 236 g/mol. The lowest BCUT2D eigenvalue weighted by molar-refractivity contribution is -0.401. The van der Waals surface area contributed by atoms with Crippen LogP contribution in [0.15, 0.2) is 12.1 Å². The summed E-state index contributed by atoms with van der Waals surface area (Å²) in [6, 6.07) is 2.26. The Morgan fingerprint density at radius 3 is 2.47 bits per heavy atom. The molecule has 1 saturated carbocycles. The molecule has 5 heteroatoms. The molecular weight excluding hydrogens is 227 g/mol. The largest absolute Gasteiger partial charge is 0.416 e. The number of hydrogen-bond donors (Lipinski definition) is 0. The summed E-state index contributed by atoms with van der Waals surface area (Å²) in [5.74, 6) is 0.332. The van der Waals surface area contributed by atoms with Crippen molar-refractivity contribution in [2.45, 2.75) is 30.8 Å². The first kappa shape index (κ1) is 10.7. The van der Waals surface area contributed by atoms with Crippen LogP contribution in [0, 0.1) is 0 Å². The van der Waals surface area contributed by atoms with Gasteiger partial charge in [-0.25, -0.2) is 4.98 Å². The molecular formula is C10H10ClF3N+. The number of hydrogen-bond acceptors (Lipinski definition) is 0. The number of rotatable bonds is 2. The fourth-order valence-corrected chi connectivity index (χ4v) is 1.65. The number of pyridine rings is 1. The molecule has 0 amide bonds. The first-order valence-electron chi connectivity index (χ1n) is 4.70. The van der Waals surface area contributed by atoms with Gasteiger partial charge in [-0.1, -0.05) is 0 Å². The molecule has 0 aromatic carbocycles. The lowest BCUT2D eigenvalue weighted by Gasteiger charge is -2.06. The molecule has 0 aliphatic heterocycles. The van der Waals surface area contributed by atoms with Crippen LogP contribution >= 0.6 is 11.6 Å². The molecule has 82 valence electrons. The normalized spacial score (nSPS) is 16.8. The molecule has 1 aliphatic carbocycles. The highest BCUT2D eigenvalue weighted by Crippen LogP contribution is 2.40. The number of nitrogens with one attached hydrogen (secondary N) is 1. The maximum Gasteiger partial charge on any atom is 0.416 e. The number of aromatic nitrogens is 1. The van der Waals surface area contributed by atoms with Gasteiger partial charge in [-0.15, -0.1) is 11.6 Å². The van der Waals surface area contributed by atoms with Crippen LogP contribution in [0.2, 0.25) is 0 Å². The van der Waals surface area contributed by atoms with E-state index in [1.54, 1.807) is 0 Å². The summed E-state index contributed by atoms with van der Waals surface area (Å²) in [6.45, 7) is 0. The second-order valence-corrected chi connectivity index (χ2v) is 4.02. The minimum absolute atomic E-state index is 0.0731. The number of H-pyrrole nitrogens is 1. The van der Waals surface area contributed by atoms with Gasteiger partial charge in [0, 0.05) is 18.1 Å². The zero-order valence-electron chi connectivity index (χ0n) is 7.87. The molecule has 0 atom stereocenters. The average Bonchev–Trinajstić information content (AvgIpc) is 2.99. The van der Waals surface area contributed by atoms with E-state index in [1.807, 2.05) is 0 Å². The molecule has 1 aromatic heterocycles. The molecule has 0 saturated heterocycles. The molecule has 0 radical (unpaired) electrons. The van der Waals surface area contributed by atoms with Gasteiger partial charge in [0.05, 0.1) is 5.56 Å². The van der Waals surface area contributed by atoms with Crippen LogP contribution in [0.25, 0.3) is 0 Å². The lowest BCUT2D eigenvalue weighted by atomic mass is 10.1. The van der Waals surface area contributed by atoms with E-state index in [-0.39, 0.29) is 11.8 Å². The van der Waals surface area contributed by atoms with Gasteiger partial charge in [-0.3, -0.25) is 0 Å². The van der Waals surface area contributed by atoms with Crippen molar-refractivity contribution >= 4 is 11.6 Å². The fourth-order valence-electron chi connectivity index (χ4n) is 1.50. The Kier molecular flexibility index (Phi) is 2.63. The van der Waals surface area contributed by atoms with Crippen LogP contribution in [0.5, 0.6) is 0 Å². The van der Waals surface area contributed by atoms with E-state index in [2.05, 4.69) is 4.98 Å². The Morgan fingerprint density at radius 1 is 1.33 bits per heavy atom. The van der Waals surface area contributed by atoms with Crippen LogP contribution < -0.4 is 4.98 Å². The molecule has 1 fully saturated rings. The van der Waals surface area contributed by atoms with Gasteiger partial charge in [0.1, 0.15) is 5.88 Å². The summed E-state index contributed by atoms with van der Waals surface area (Å²) < 4.78 is 37.5. The van der Waals surface area contributed by atoms with Crippen molar-refractivity contribution < 1.29 is 18.2 Å². The van der Waals surface area contributed by atoms with Crippen molar-refractivity contribution in [3.05, 3.63) is 29.1 Å². The Morgan fingerprint density at radius 2 is 2.00 bits per heavy atom. The van der Waals surface area contributed by atoms with Crippen molar-refractivity contribution in [2.24, 2.45) is 0 Å². The van der Waals surface area contributed by atoms with Crippen LogP contribution in [0.1, 0.15) is 35.7 Å². The van der Waals surface area contributed by atoms with E-state index in [0.29, 0.717) is 11.4 Å². The van der Waals surface area contributed by atoms with Gasteiger partial charge in [-0.05, 0) is 12.8 Å². The number of aromatic amines is 1. The second kappa shape index (κ2) is 3.67. The topological polar surface area (TPSA) is 14.1 Å². The van der Waals surface area contributed by atoms with E-state index in [1.165, 1.54) is 6.07 Å². The van der Waals surface area contributed by atoms with Crippen LogP contribution in [0.3, 0.4) is 0 Å². The van der Waals surface area contributed by atoms with Gasteiger partial charge >= 0.3 is 6.18 Å². The average molecular weight is 237 g/mol. The standard InChI is InChI=1S/C10H9ClF3N/c11-5-8-3-7(10(12,13)14)4-9(15-8)6-1-2-6/h3-4,6H,1-2,5H2/p+1. The summed E-state index contributed by atoms with van der Waals surface area (Å²) >= 11 is 5.55. The summed E-state index contributed by atoms with van der Waals surface area (Å²) in [7, 11) is 0. The highest BCUT2D eigenvalue weighted by atomic mass is 35.5. The SMILES string of the molecule is FC(F)(F)c1cc(CCl)[nH+]c(C2CC2)c1. The number of alkyl halides is 4. The zero-order chi connectivity index (χ0) is 11.1. The Balaban J connectivity index is 2.41. The van der Waals surface area contributed by atoms with Crippen molar-refractivity contribution in [3.8, 4) is 0 Å². The highest BCUT2D eigenvalue weighted by Gasteiger charge is 2.36. The Labute approximate surface area is 90.3 Å². The lowest BCUT2D eigenvalue weighted by Crippen LogP contribution is -2.19. The van der Waals surface area contributed by atoms with Gasteiger partial charge in [0.15, 0.2) is 11.4 Å². The van der Waals surface area contributed by atoms with Crippen LogP contribution in [-0.4, -0.2) is 0 Å². The third-order valence-electron chi connectivity index (χ3n) is 2.43. The third-order valence-corrected chi connectivity index (χ3v) is 2.72. The van der Waals surface area contributed by atoms with Crippen molar-refractivity contribution in [3.63, 3.8) is 0 Å². The quantitative estimate of drug-likeness (QED) is 0.701. The molecule has 2 rings (SSSR count). The minimum Gasteiger partial charge on any atom is -0.211 e. The van der Waals surface area contributed by atoms with Crippen LogP contribution in [0.4, 0.5) is 13.2 Å². The summed E-state index contributed by atoms with van der Waals surface area (Å²) in [6.07, 6.45) is -2.38. The van der Waals surface area contributed by atoms with E-state index in [4.69, 9.17) is 11.6 Å². The van der Waals surface area contributed by atoms with Gasteiger partial charge in [0.25, 0.3) is 0 Å². The zero-order valence-corrected chi connectivity index (χ0v) is 8.62.